The maximum Gasteiger partial charge on any atom is 0.534 e. The fourth-order valence-electron chi connectivity index (χ4n) is 3.95. The summed E-state index contributed by atoms with van der Waals surface area (Å²) in [7, 11) is -5.73. The van der Waals surface area contributed by atoms with Gasteiger partial charge in [0.15, 0.2) is 6.79 Å². The van der Waals surface area contributed by atoms with Gasteiger partial charge in [0.05, 0.1) is 6.10 Å². The second-order valence-electron chi connectivity index (χ2n) is 7.74. The quantitative estimate of drug-likeness (QED) is 0.349. The first-order valence-electron chi connectivity index (χ1n) is 10.3. The molecule has 1 heterocycles. The van der Waals surface area contributed by atoms with Gasteiger partial charge in [0.2, 0.25) is 0 Å². The number of halogens is 3. The van der Waals surface area contributed by atoms with Crippen LogP contribution in [0.15, 0.2) is 24.3 Å². The molecule has 3 rings (SSSR count). The molecule has 1 aromatic carbocycles. The molecule has 1 amide bonds. The van der Waals surface area contributed by atoms with Gasteiger partial charge < -0.3 is 18.6 Å². The van der Waals surface area contributed by atoms with Crippen LogP contribution >= 0.6 is 0 Å². The molecule has 7 nitrogen and oxygen atoms in total. The van der Waals surface area contributed by atoms with E-state index in [2.05, 4.69) is 4.18 Å². The molecule has 1 aromatic rings. The number of ether oxygens (including phenoxy) is 2. The van der Waals surface area contributed by atoms with Crippen molar-refractivity contribution in [3.63, 3.8) is 0 Å². The van der Waals surface area contributed by atoms with Gasteiger partial charge in [0, 0.05) is 13.1 Å². The van der Waals surface area contributed by atoms with Crippen LogP contribution in [0.5, 0.6) is 5.75 Å². The molecule has 1 aliphatic heterocycles. The van der Waals surface area contributed by atoms with Crippen molar-refractivity contribution in [3.05, 3.63) is 29.8 Å². The second kappa shape index (κ2) is 10.1. The predicted octanol–water partition coefficient (Wildman–Crippen LogP) is 4.54. The molecule has 2 fully saturated rings. The first-order valence-corrected chi connectivity index (χ1v) is 11.7. The Morgan fingerprint density at radius 2 is 1.68 bits per heavy atom. The van der Waals surface area contributed by atoms with E-state index in [1.165, 1.54) is 12.1 Å². The van der Waals surface area contributed by atoms with Gasteiger partial charge in [-0.25, -0.2) is 4.79 Å². The Morgan fingerprint density at radius 3 is 2.32 bits per heavy atom. The number of nitrogens with zero attached hydrogens (tertiary/aromatic N) is 1. The van der Waals surface area contributed by atoms with Crippen LogP contribution in [-0.4, -0.2) is 50.9 Å². The molecule has 0 N–H and O–H groups in total. The van der Waals surface area contributed by atoms with Crippen LogP contribution < -0.4 is 4.18 Å². The Morgan fingerprint density at radius 1 is 1.03 bits per heavy atom. The van der Waals surface area contributed by atoms with Crippen molar-refractivity contribution in [2.24, 2.45) is 0 Å². The largest absolute Gasteiger partial charge is 0.534 e. The molecular formula is C20H26F3NO6S. The topological polar surface area (TPSA) is 82.1 Å². The zero-order valence-corrected chi connectivity index (χ0v) is 17.8. The summed E-state index contributed by atoms with van der Waals surface area (Å²) in [5.74, 6) is -0.463. The van der Waals surface area contributed by atoms with Crippen LogP contribution in [0, 0.1) is 0 Å². The highest BCUT2D eigenvalue weighted by atomic mass is 32.2. The number of rotatable bonds is 6. The van der Waals surface area contributed by atoms with Gasteiger partial charge in [-0.3, -0.25) is 0 Å². The van der Waals surface area contributed by atoms with E-state index in [1.807, 2.05) is 0 Å². The molecule has 0 radical (unpaired) electrons. The lowest BCUT2D eigenvalue weighted by Crippen LogP contribution is -2.36. The van der Waals surface area contributed by atoms with Crippen LogP contribution in [0.2, 0.25) is 0 Å². The standard InChI is InChI=1S/C20H26F3NO6S/c21-20(22,23)31(26,27)30-18-7-3-2-6-17(18)15-8-10-16(11-9-15)28-14-29-19(25)24-12-4-1-5-13-24/h2-3,6-7,15-16H,1,4-5,8-14H2. The average molecular weight is 465 g/mol. The number of benzene rings is 1. The summed E-state index contributed by atoms with van der Waals surface area (Å²) < 4.78 is 76.0. The van der Waals surface area contributed by atoms with Gasteiger partial charge in [-0.2, -0.15) is 21.6 Å². The third-order valence-electron chi connectivity index (χ3n) is 5.62. The van der Waals surface area contributed by atoms with Crippen molar-refractivity contribution in [2.45, 2.75) is 62.5 Å². The monoisotopic (exact) mass is 465 g/mol. The summed E-state index contributed by atoms with van der Waals surface area (Å²) in [5, 5.41) is 0. The Hall–Kier alpha value is -2.01. The van der Waals surface area contributed by atoms with E-state index in [0.29, 0.717) is 44.3 Å². The molecule has 0 aromatic heterocycles. The maximum absolute atomic E-state index is 12.7. The summed E-state index contributed by atoms with van der Waals surface area (Å²) in [5.41, 5.74) is -5.07. The highest BCUT2D eigenvalue weighted by Crippen LogP contribution is 2.39. The number of hydrogen-bond acceptors (Lipinski definition) is 6. The van der Waals surface area contributed by atoms with Crippen molar-refractivity contribution in [2.75, 3.05) is 19.9 Å². The van der Waals surface area contributed by atoms with Gasteiger partial charge in [0.25, 0.3) is 0 Å². The minimum absolute atomic E-state index is 0.141. The molecule has 2 aliphatic rings. The van der Waals surface area contributed by atoms with Crippen LogP contribution in [0.4, 0.5) is 18.0 Å². The lowest BCUT2D eigenvalue weighted by molar-refractivity contribution is -0.0773. The van der Waals surface area contributed by atoms with E-state index in [-0.39, 0.29) is 30.7 Å². The van der Waals surface area contributed by atoms with Gasteiger partial charge >= 0.3 is 21.7 Å². The van der Waals surface area contributed by atoms with Gasteiger partial charge in [-0.15, -0.1) is 0 Å². The number of amides is 1. The highest BCUT2D eigenvalue weighted by molar-refractivity contribution is 7.88. The summed E-state index contributed by atoms with van der Waals surface area (Å²) in [4.78, 5) is 13.6. The molecule has 0 spiro atoms. The van der Waals surface area contributed by atoms with E-state index >= 15 is 0 Å². The van der Waals surface area contributed by atoms with Crippen molar-refractivity contribution in [1.82, 2.24) is 4.90 Å². The third kappa shape index (κ3) is 6.25. The minimum atomic E-state index is -5.73. The zero-order chi connectivity index (χ0) is 22.5. The highest BCUT2D eigenvalue weighted by Gasteiger charge is 2.49. The maximum atomic E-state index is 12.7. The second-order valence-corrected chi connectivity index (χ2v) is 9.27. The molecule has 31 heavy (non-hydrogen) atoms. The number of piperidine rings is 1. The van der Waals surface area contributed by atoms with Crippen molar-refractivity contribution >= 4 is 16.2 Å². The number of carbonyl (C=O) groups is 1. The Labute approximate surface area is 179 Å². The van der Waals surface area contributed by atoms with Crippen LogP contribution in [0.25, 0.3) is 0 Å². The number of hydrogen-bond donors (Lipinski definition) is 0. The third-order valence-corrected chi connectivity index (χ3v) is 6.58. The Kier molecular flexibility index (Phi) is 7.68. The summed E-state index contributed by atoms with van der Waals surface area (Å²) in [6, 6.07) is 5.86. The fourth-order valence-corrected chi connectivity index (χ4v) is 4.43. The van der Waals surface area contributed by atoms with Gasteiger partial charge in [0.1, 0.15) is 5.75 Å². The molecule has 1 aliphatic carbocycles. The van der Waals surface area contributed by atoms with Crippen molar-refractivity contribution in [3.8, 4) is 5.75 Å². The molecule has 0 bridgehead atoms. The SMILES string of the molecule is O=C(OCOC1CCC(c2ccccc2OS(=O)(=O)C(F)(F)F)CC1)N1CCCCC1. The summed E-state index contributed by atoms with van der Waals surface area (Å²) in [6.07, 6.45) is 4.89. The molecule has 11 heteroatoms. The van der Waals surface area contributed by atoms with Gasteiger partial charge in [-0.1, -0.05) is 18.2 Å². The number of para-hydroxylation sites is 1. The lowest BCUT2D eigenvalue weighted by Gasteiger charge is -2.30. The molecule has 1 saturated carbocycles. The summed E-state index contributed by atoms with van der Waals surface area (Å²) in [6.45, 7) is 1.24. The van der Waals surface area contributed by atoms with E-state index in [9.17, 15) is 26.4 Å². The smallest absolute Gasteiger partial charge is 0.422 e. The lowest BCUT2D eigenvalue weighted by atomic mass is 9.82. The molecule has 1 saturated heterocycles. The molecule has 0 unspecified atom stereocenters. The van der Waals surface area contributed by atoms with Crippen LogP contribution in [0.1, 0.15) is 56.4 Å². The van der Waals surface area contributed by atoms with E-state index < -0.39 is 15.6 Å². The first-order chi connectivity index (χ1) is 14.7. The van der Waals surface area contributed by atoms with Crippen molar-refractivity contribution < 1.29 is 40.0 Å². The van der Waals surface area contributed by atoms with Gasteiger partial charge in [-0.05, 0) is 62.5 Å². The van der Waals surface area contributed by atoms with E-state index in [0.717, 1.165) is 19.3 Å². The molecule has 174 valence electrons. The Balaban J connectivity index is 1.49. The normalized spacial score (nSPS) is 22.7. The van der Waals surface area contributed by atoms with E-state index in [4.69, 9.17) is 9.47 Å². The van der Waals surface area contributed by atoms with E-state index in [1.54, 1.807) is 17.0 Å². The zero-order valence-electron chi connectivity index (χ0n) is 17.0. The molecular weight excluding hydrogens is 439 g/mol. The predicted molar refractivity (Wildman–Crippen MR) is 105 cm³/mol. The first kappa shape index (κ1) is 23.6. The number of carbonyl (C=O) groups excluding carboxylic acids is 1. The van der Waals surface area contributed by atoms with Crippen molar-refractivity contribution in [1.29, 1.82) is 0 Å². The fraction of sp³-hybridized carbons (Fsp3) is 0.650. The summed E-state index contributed by atoms with van der Waals surface area (Å²) >= 11 is 0. The Bertz CT molecular complexity index is 847. The number of alkyl halides is 3. The minimum Gasteiger partial charge on any atom is -0.422 e. The molecule has 0 atom stereocenters. The van der Waals surface area contributed by atoms with Crippen LogP contribution in [0.3, 0.4) is 0 Å². The average Bonchev–Trinajstić information content (AvgIpc) is 2.74. The van der Waals surface area contributed by atoms with Crippen LogP contribution in [-0.2, 0) is 19.6 Å². The number of likely N-dealkylation sites (tertiary alicyclic amines) is 1.